The molecule has 4 nitrogen and oxygen atoms in total. The third kappa shape index (κ3) is 7.88. The molecule has 0 saturated heterocycles. The molecule has 0 rings (SSSR count). The number of hydrogen-bond acceptors (Lipinski definition) is 4. The van der Waals surface area contributed by atoms with Crippen molar-refractivity contribution in [1.29, 1.82) is 0 Å². The lowest BCUT2D eigenvalue weighted by molar-refractivity contribution is 0.0964. The first-order chi connectivity index (χ1) is 9.02. The fraction of sp³-hybridized carbons (Fsp3) is 1.00. The van der Waals surface area contributed by atoms with E-state index in [1.165, 1.54) is 0 Å². The number of ether oxygens (including phenoxy) is 1. The standard InChI is InChI=1S/C15H34N2O2/c1-6-10-16-15(4,13-18)9-8-11-17(7-2)14(3)12-19-5/h14,16,18H,6-13H2,1-5H3. The summed E-state index contributed by atoms with van der Waals surface area (Å²) in [6, 6.07) is 0.457. The lowest BCUT2D eigenvalue weighted by Crippen LogP contribution is -2.47. The van der Waals surface area contributed by atoms with Crippen LogP contribution in [0.3, 0.4) is 0 Å². The van der Waals surface area contributed by atoms with Crippen LogP contribution in [0.2, 0.25) is 0 Å². The number of hydrogen-bond donors (Lipinski definition) is 2. The highest BCUT2D eigenvalue weighted by molar-refractivity contribution is 4.82. The Morgan fingerprint density at radius 2 is 2.05 bits per heavy atom. The van der Waals surface area contributed by atoms with Gasteiger partial charge in [-0.2, -0.15) is 0 Å². The minimum atomic E-state index is -0.139. The molecule has 0 aromatic rings. The van der Waals surface area contributed by atoms with Crippen molar-refractivity contribution in [3.8, 4) is 0 Å². The van der Waals surface area contributed by atoms with Crippen LogP contribution in [0.1, 0.15) is 47.0 Å². The van der Waals surface area contributed by atoms with Crippen LogP contribution in [-0.2, 0) is 4.74 Å². The minimum absolute atomic E-state index is 0.139. The molecule has 0 saturated carbocycles. The summed E-state index contributed by atoms with van der Waals surface area (Å²) in [5.41, 5.74) is -0.139. The molecule has 0 fully saturated rings. The average Bonchev–Trinajstić information content (AvgIpc) is 2.41. The number of likely N-dealkylation sites (N-methyl/N-ethyl adjacent to an activating group) is 1. The van der Waals surface area contributed by atoms with Gasteiger partial charge in [0.1, 0.15) is 0 Å². The van der Waals surface area contributed by atoms with Crippen molar-refractivity contribution in [3.63, 3.8) is 0 Å². The number of rotatable bonds is 12. The van der Waals surface area contributed by atoms with Crippen LogP contribution in [0, 0.1) is 0 Å². The predicted molar refractivity (Wildman–Crippen MR) is 81.6 cm³/mol. The summed E-state index contributed by atoms with van der Waals surface area (Å²) in [7, 11) is 1.75. The highest BCUT2D eigenvalue weighted by Gasteiger charge is 2.22. The summed E-state index contributed by atoms with van der Waals surface area (Å²) in [5, 5.41) is 13.0. The van der Waals surface area contributed by atoms with Gasteiger partial charge in [-0.25, -0.2) is 0 Å². The second-order valence-electron chi connectivity index (χ2n) is 5.68. The Morgan fingerprint density at radius 1 is 1.37 bits per heavy atom. The Hall–Kier alpha value is -0.160. The van der Waals surface area contributed by atoms with Gasteiger partial charge < -0.3 is 15.2 Å². The van der Waals surface area contributed by atoms with E-state index >= 15 is 0 Å². The molecule has 0 aliphatic carbocycles. The number of aliphatic hydroxyl groups is 1. The smallest absolute Gasteiger partial charge is 0.0615 e. The first kappa shape index (κ1) is 18.8. The Labute approximate surface area is 119 Å². The van der Waals surface area contributed by atoms with E-state index in [9.17, 15) is 5.11 Å². The third-order valence-electron chi connectivity index (χ3n) is 3.76. The quantitative estimate of drug-likeness (QED) is 0.570. The summed E-state index contributed by atoms with van der Waals surface area (Å²) in [6.07, 6.45) is 3.19. The molecule has 0 aliphatic heterocycles. The molecule has 0 amide bonds. The molecule has 0 radical (unpaired) electrons. The minimum Gasteiger partial charge on any atom is -0.394 e. The van der Waals surface area contributed by atoms with Crippen molar-refractivity contribution in [1.82, 2.24) is 10.2 Å². The van der Waals surface area contributed by atoms with Crippen molar-refractivity contribution < 1.29 is 9.84 Å². The Balaban J connectivity index is 4.08. The molecule has 0 aromatic heterocycles. The zero-order valence-electron chi connectivity index (χ0n) is 13.5. The van der Waals surface area contributed by atoms with Crippen molar-refractivity contribution in [2.45, 2.75) is 58.5 Å². The van der Waals surface area contributed by atoms with Gasteiger partial charge in [0.15, 0.2) is 0 Å². The van der Waals surface area contributed by atoms with Crippen LogP contribution in [-0.4, -0.2) is 61.5 Å². The Kier molecular flexibility index (Phi) is 10.5. The monoisotopic (exact) mass is 274 g/mol. The number of aliphatic hydroxyl groups excluding tert-OH is 1. The Morgan fingerprint density at radius 3 is 2.53 bits per heavy atom. The SMILES string of the molecule is CCCNC(C)(CO)CCCN(CC)C(C)COC. The first-order valence-corrected chi connectivity index (χ1v) is 7.61. The van der Waals surface area contributed by atoms with Crippen molar-refractivity contribution in [2.24, 2.45) is 0 Å². The number of nitrogens with one attached hydrogen (secondary N) is 1. The average molecular weight is 274 g/mol. The van der Waals surface area contributed by atoms with Gasteiger partial charge in [0, 0.05) is 18.7 Å². The van der Waals surface area contributed by atoms with Gasteiger partial charge in [-0.05, 0) is 52.7 Å². The van der Waals surface area contributed by atoms with Crippen LogP contribution < -0.4 is 5.32 Å². The van der Waals surface area contributed by atoms with Gasteiger partial charge >= 0.3 is 0 Å². The van der Waals surface area contributed by atoms with Crippen molar-refractivity contribution >= 4 is 0 Å². The van der Waals surface area contributed by atoms with Crippen LogP contribution in [0.4, 0.5) is 0 Å². The molecular formula is C15H34N2O2. The van der Waals surface area contributed by atoms with Gasteiger partial charge in [-0.3, -0.25) is 4.90 Å². The zero-order valence-corrected chi connectivity index (χ0v) is 13.5. The molecule has 0 spiro atoms. The maximum absolute atomic E-state index is 9.53. The lowest BCUT2D eigenvalue weighted by atomic mass is 9.96. The van der Waals surface area contributed by atoms with Crippen LogP contribution in [0.5, 0.6) is 0 Å². The third-order valence-corrected chi connectivity index (χ3v) is 3.76. The maximum atomic E-state index is 9.53. The van der Waals surface area contributed by atoms with Gasteiger partial charge in [-0.15, -0.1) is 0 Å². The predicted octanol–water partition coefficient (Wildman–Crippen LogP) is 1.87. The molecule has 2 atom stereocenters. The van der Waals surface area contributed by atoms with E-state index in [1.54, 1.807) is 7.11 Å². The summed E-state index contributed by atoms with van der Waals surface area (Å²) >= 11 is 0. The van der Waals surface area contributed by atoms with E-state index in [0.29, 0.717) is 6.04 Å². The van der Waals surface area contributed by atoms with Crippen molar-refractivity contribution in [2.75, 3.05) is 40.0 Å². The van der Waals surface area contributed by atoms with Crippen LogP contribution >= 0.6 is 0 Å². The molecule has 0 bridgehead atoms. The van der Waals surface area contributed by atoms with Gasteiger partial charge in [0.25, 0.3) is 0 Å². The van der Waals surface area contributed by atoms with E-state index in [1.807, 2.05) is 0 Å². The van der Waals surface area contributed by atoms with Gasteiger partial charge in [-0.1, -0.05) is 13.8 Å². The molecule has 116 valence electrons. The molecular weight excluding hydrogens is 240 g/mol. The lowest BCUT2D eigenvalue weighted by Gasteiger charge is -2.32. The normalized spacial score (nSPS) is 16.6. The molecule has 0 aliphatic rings. The van der Waals surface area contributed by atoms with E-state index in [2.05, 4.69) is 37.9 Å². The maximum Gasteiger partial charge on any atom is 0.0615 e. The first-order valence-electron chi connectivity index (χ1n) is 7.61. The molecule has 0 heterocycles. The molecule has 2 unspecified atom stereocenters. The zero-order chi connectivity index (χ0) is 14.7. The highest BCUT2D eigenvalue weighted by atomic mass is 16.5. The molecule has 4 heteroatoms. The summed E-state index contributed by atoms with van der Waals surface area (Å²) < 4.78 is 5.21. The van der Waals surface area contributed by atoms with E-state index in [-0.39, 0.29) is 12.1 Å². The van der Waals surface area contributed by atoms with Crippen LogP contribution in [0.25, 0.3) is 0 Å². The fourth-order valence-corrected chi connectivity index (χ4v) is 2.36. The topological polar surface area (TPSA) is 44.7 Å². The number of methoxy groups -OCH3 is 1. The second kappa shape index (κ2) is 10.6. The van der Waals surface area contributed by atoms with Crippen molar-refractivity contribution in [3.05, 3.63) is 0 Å². The van der Waals surface area contributed by atoms with E-state index in [4.69, 9.17) is 4.74 Å². The molecule has 19 heavy (non-hydrogen) atoms. The van der Waals surface area contributed by atoms with Gasteiger partial charge in [0.2, 0.25) is 0 Å². The van der Waals surface area contributed by atoms with E-state index < -0.39 is 0 Å². The summed E-state index contributed by atoms with van der Waals surface area (Å²) in [6.45, 7) is 12.7. The summed E-state index contributed by atoms with van der Waals surface area (Å²) in [5.74, 6) is 0. The highest BCUT2D eigenvalue weighted by Crippen LogP contribution is 2.13. The van der Waals surface area contributed by atoms with Crippen LogP contribution in [0.15, 0.2) is 0 Å². The Bertz CT molecular complexity index is 214. The summed E-state index contributed by atoms with van der Waals surface area (Å²) in [4.78, 5) is 2.43. The number of nitrogens with zero attached hydrogens (tertiary/aromatic N) is 1. The van der Waals surface area contributed by atoms with Gasteiger partial charge in [0.05, 0.1) is 13.2 Å². The molecule has 0 aromatic carbocycles. The molecule has 2 N–H and O–H groups in total. The second-order valence-corrected chi connectivity index (χ2v) is 5.68. The largest absolute Gasteiger partial charge is 0.394 e. The van der Waals surface area contributed by atoms with E-state index in [0.717, 1.165) is 45.5 Å². The fourth-order valence-electron chi connectivity index (χ4n) is 2.36.